The number of hydrogen-bond acceptors (Lipinski definition) is 0. The van der Waals surface area contributed by atoms with E-state index in [4.69, 9.17) is 4.42 Å². The molecule has 0 saturated carbocycles. The number of allylic oxidation sites excluding steroid dienone is 2. The van der Waals surface area contributed by atoms with Crippen molar-refractivity contribution in [3.63, 3.8) is 0 Å². The summed E-state index contributed by atoms with van der Waals surface area (Å²) in [5.41, 5.74) is 7.00. The number of hydrogen-bond donors (Lipinski definition) is 0. The number of benzene rings is 4. The Morgan fingerprint density at radius 2 is 1.10 bits per heavy atom. The summed E-state index contributed by atoms with van der Waals surface area (Å²) in [6.45, 7) is 0. The summed E-state index contributed by atoms with van der Waals surface area (Å²) in [5.74, 6) is 0. The van der Waals surface area contributed by atoms with Crippen LogP contribution in [0.1, 0.15) is 16.7 Å². The first kappa shape index (κ1) is 18.3. The second-order valence-corrected chi connectivity index (χ2v) is 9.82. The summed E-state index contributed by atoms with van der Waals surface area (Å²) in [4.78, 5) is 0. The Morgan fingerprint density at radius 1 is 0.581 bits per heavy atom. The van der Waals surface area contributed by atoms with E-state index in [1.807, 2.05) is 24.3 Å². The number of para-hydroxylation sites is 2. The van der Waals surface area contributed by atoms with Crippen LogP contribution in [0.15, 0.2) is 114 Å². The summed E-state index contributed by atoms with van der Waals surface area (Å²) in [5, 5.41) is 2.26. The molecule has 1 aliphatic rings. The van der Waals surface area contributed by atoms with Crippen molar-refractivity contribution in [1.82, 2.24) is 0 Å². The summed E-state index contributed by atoms with van der Waals surface area (Å²) < 4.78 is 9.02. The molecule has 2 heteroatoms. The molecule has 4 aromatic carbocycles. The third-order valence-electron chi connectivity index (χ3n) is 5.67. The van der Waals surface area contributed by atoms with Gasteiger partial charge in [-0.2, -0.15) is 0 Å². The van der Waals surface area contributed by atoms with Crippen LogP contribution in [-0.4, -0.2) is 15.0 Å². The molecule has 2 heterocycles. The van der Waals surface area contributed by atoms with Gasteiger partial charge in [-0.3, -0.25) is 0 Å². The van der Waals surface area contributed by atoms with Crippen LogP contribution in [0.25, 0.3) is 33.6 Å². The third kappa shape index (κ3) is 3.21. The van der Waals surface area contributed by atoms with Gasteiger partial charge in [-0.25, -0.2) is 0 Å². The maximum absolute atomic E-state index is 6.13. The summed E-state index contributed by atoms with van der Waals surface area (Å²) in [6.07, 6.45) is 6.67. The molecule has 0 radical (unpaired) electrons. The van der Waals surface area contributed by atoms with E-state index in [9.17, 15) is 0 Å². The van der Waals surface area contributed by atoms with Crippen molar-refractivity contribution in [3.8, 4) is 0 Å². The van der Waals surface area contributed by atoms with Crippen molar-refractivity contribution in [2.24, 2.45) is 0 Å². The number of rotatable bonds is 2. The van der Waals surface area contributed by atoms with E-state index in [1.54, 1.807) is 0 Å². The fourth-order valence-corrected chi connectivity index (χ4v) is 6.56. The van der Waals surface area contributed by atoms with Crippen molar-refractivity contribution in [3.05, 3.63) is 126 Å². The fourth-order valence-electron chi connectivity index (χ4n) is 4.24. The molecule has 6 rings (SSSR count). The van der Waals surface area contributed by atoms with Crippen LogP contribution in [0.2, 0.25) is 0 Å². The average Bonchev–Trinajstić information content (AvgIpc) is 2.83. The van der Waals surface area contributed by atoms with Crippen molar-refractivity contribution >= 4 is 57.5 Å². The van der Waals surface area contributed by atoms with Gasteiger partial charge >= 0.3 is 188 Å². The Balaban J connectivity index is 1.53. The summed E-state index contributed by atoms with van der Waals surface area (Å²) in [6, 6.07) is 34.1. The Labute approximate surface area is 187 Å². The van der Waals surface area contributed by atoms with Gasteiger partial charge in [0.2, 0.25) is 0 Å². The minimum atomic E-state index is 0.349. The zero-order valence-corrected chi connectivity index (χ0v) is 18.5. The Bertz CT molecular complexity index is 1410. The quantitative estimate of drug-likeness (QED) is 0.175. The van der Waals surface area contributed by atoms with Gasteiger partial charge in [0.15, 0.2) is 0 Å². The molecule has 1 aliphatic heterocycles. The van der Waals surface area contributed by atoms with E-state index in [2.05, 4.69) is 91.0 Å². The predicted molar refractivity (Wildman–Crippen MR) is 132 cm³/mol. The summed E-state index contributed by atoms with van der Waals surface area (Å²) in [7, 11) is 0. The number of fused-ring (bicyclic) bond motifs is 4. The first-order valence-electron chi connectivity index (χ1n) is 10.4. The topological polar surface area (TPSA) is 11.3 Å². The molecule has 0 bridgehead atoms. The molecule has 0 unspecified atom stereocenters. The molecule has 0 spiro atoms. The fraction of sp³-hybridized carbons (Fsp3) is 0. The standard InChI is InChI=1S/C29H19OSe/c1-5-16-26-22(10-1)20(23-11-2-6-17-27(23)30-26)14-9-15-21-24-12-3-7-18-28(24)31-29-19-8-4-13-25(21)29/h1-19H/q+1/b14-9+. The molecule has 5 aromatic rings. The van der Waals surface area contributed by atoms with E-state index in [1.165, 1.54) is 31.2 Å². The van der Waals surface area contributed by atoms with Gasteiger partial charge < -0.3 is 0 Å². The molecule has 0 aliphatic carbocycles. The Hall–Kier alpha value is -3.45. The molecule has 1 nitrogen and oxygen atoms in total. The molecule has 0 saturated heterocycles. The normalized spacial score (nSPS) is 12.8. The van der Waals surface area contributed by atoms with Gasteiger partial charge in [-0.1, -0.05) is 0 Å². The van der Waals surface area contributed by atoms with Crippen molar-refractivity contribution in [2.45, 2.75) is 0 Å². The molecule has 0 N–H and O–H groups in total. The van der Waals surface area contributed by atoms with Crippen molar-refractivity contribution in [1.29, 1.82) is 0 Å². The van der Waals surface area contributed by atoms with Crippen LogP contribution < -0.4 is 8.92 Å². The van der Waals surface area contributed by atoms with Gasteiger partial charge in [-0.15, -0.1) is 0 Å². The van der Waals surface area contributed by atoms with Crippen LogP contribution >= 0.6 is 0 Å². The van der Waals surface area contributed by atoms with E-state index < -0.39 is 0 Å². The van der Waals surface area contributed by atoms with Crippen molar-refractivity contribution in [2.75, 3.05) is 0 Å². The first-order valence-corrected chi connectivity index (χ1v) is 12.1. The molecular weight excluding hydrogens is 443 g/mol. The molecule has 0 fully saturated rings. The van der Waals surface area contributed by atoms with Crippen LogP contribution in [0, 0.1) is 0 Å². The van der Waals surface area contributed by atoms with Crippen molar-refractivity contribution < 1.29 is 4.42 Å². The first-order chi connectivity index (χ1) is 15.4. The predicted octanol–water partition coefficient (Wildman–Crippen LogP) is 5.98. The van der Waals surface area contributed by atoms with Gasteiger partial charge in [0.05, 0.1) is 0 Å². The van der Waals surface area contributed by atoms with E-state index in [0.29, 0.717) is 15.0 Å². The van der Waals surface area contributed by atoms with Crippen LogP contribution in [0.5, 0.6) is 0 Å². The van der Waals surface area contributed by atoms with Gasteiger partial charge in [0.1, 0.15) is 0 Å². The van der Waals surface area contributed by atoms with E-state index >= 15 is 0 Å². The van der Waals surface area contributed by atoms with Gasteiger partial charge in [0, 0.05) is 0 Å². The molecule has 146 valence electrons. The summed E-state index contributed by atoms with van der Waals surface area (Å²) >= 11 is 0.349. The maximum atomic E-state index is 6.13. The second kappa shape index (κ2) is 7.67. The van der Waals surface area contributed by atoms with Crippen LogP contribution in [0.3, 0.4) is 0 Å². The molecular formula is C29H19OSe+. The van der Waals surface area contributed by atoms with E-state index in [-0.39, 0.29) is 0 Å². The Kier molecular flexibility index (Phi) is 4.53. The molecule has 0 atom stereocenters. The second-order valence-electron chi connectivity index (χ2n) is 7.54. The zero-order chi connectivity index (χ0) is 20.6. The van der Waals surface area contributed by atoms with E-state index in [0.717, 1.165) is 21.9 Å². The van der Waals surface area contributed by atoms with Crippen LogP contribution in [0.4, 0.5) is 0 Å². The van der Waals surface area contributed by atoms with Gasteiger partial charge in [0.25, 0.3) is 0 Å². The van der Waals surface area contributed by atoms with Gasteiger partial charge in [-0.05, 0) is 0 Å². The van der Waals surface area contributed by atoms with Crippen LogP contribution in [-0.2, 0) is 0 Å². The molecule has 1 aromatic heterocycles. The SMILES string of the molecule is C(/C=C/c1c2ccccc2[o+]c2ccccc12)=C1c2ccccc2[Se]c2ccccc21. The molecule has 31 heavy (non-hydrogen) atoms. The minimum absolute atomic E-state index is 0.349. The molecule has 0 amide bonds. The zero-order valence-electron chi connectivity index (χ0n) is 16.8. The monoisotopic (exact) mass is 463 g/mol. The average molecular weight is 462 g/mol. The Morgan fingerprint density at radius 3 is 1.71 bits per heavy atom. The third-order valence-corrected chi connectivity index (χ3v) is 8.09.